The van der Waals surface area contributed by atoms with Crippen molar-refractivity contribution >= 4 is 5.91 Å². The van der Waals surface area contributed by atoms with E-state index in [4.69, 9.17) is 4.74 Å². The number of carbonyl (C=O) groups is 1. The van der Waals surface area contributed by atoms with E-state index in [1.54, 1.807) is 7.11 Å². The lowest BCUT2D eigenvalue weighted by Crippen LogP contribution is -2.53. The Labute approximate surface area is 102 Å². The number of methoxy groups -OCH3 is 1. The Kier molecular flexibility index (Phi) is 3.64. The van der Waals surface area contributed by atoms with Crippen molar-refractivity contribution in [1.29, 1.82) is 0 Å². The minimum absolute atomic E-state index is 0.157. The molecule has 1 fully saturated rings. The van der Waals surface area contributed by atoms with Gasteiger partial charge in [0.2, 0.25) is 5.91 Å². The van der Waals surface area contributed by atoms with E-state index in [-0.39, 0.29) is 11.9 Å². The zero-order valence-electron chi connectivity index (χ0n) is 10.3. The van der Waals surface area contributed by atoms with Crippen LogP contribution in [0.1, 0.15) is 5.56 Å². The maximum absolute atomic E-state index is 11.6. The van der Waals surface area contributed by atoms with Crippen molar-refractivity contribution in [3.05, 3.63) is 29.8 Å². The predicted octanol–water partition coefficient (Wildman–Crippen LogP) is 0.668. The molecular weight excluding hydrogens is 216 g/mol. The number of piperazine rings is 1. The van der Waals surface area contributed by atoms with Crippen molar-refractivity contribution in [3.63, 3.8) is 0 Å². The molecule has 1 atom stereocenters. The fourth-order valence-electron chi connectivity index (χ4n) is 2.09. The molecule has 1 unspecified atom stereocenters. The second kappa shape index (κ2) is 5.19. The van der Waals surface area contributed by atoms with Gasteiger partial charge in [-0.1, -0.05) is 12.1 Å². The fourth-order valence-corrected chi connectivity index (χ4v) is 2.09. The van der Waals surface area contributed by atoms with Crippen LogP contribution in [0.2, 0.25) is 0 Å². The molecule has 1 aliphatic heterocycles. The molecule has 1 aromatic carbocycles. The molecular formula is C13H18N2O2. The van der Waals surface area contributed by atoms with Crippen LogP contribution in [0, 0.1) is 0 Å². The number of amides is 1. The number of rotatable bonds is 3. The molecule has 0 aromatic heterocycles. The molecule has 92 valence electrons. The van der Waals surface area contributed by atoms with E-state index >= 15 is 0 Å². The van der Waals surface area contributed by atoms with Gasteiger partial charge in [-0.2, -0.15) is 0 Å². The van der Waals surface area contributed by atoms with Gasteiger partial charge in [0, 0.05) is 19.6 Å². The zero-order valence-corrected chi connectivity index (χ0v) is 10.3. The molecule has 2 rings (SSSR count). The third-order valence-corrected chi connectivity index (χ3v) is 3.20. The van der Waals surface area contributed by atoms with Gasteiger partial charge in [0.1, 0.15) is 5.75 Å². The maximum atomic E-state index is 11.6. The van der Waals surface area contributed by atoms with Crippen LogP contribution in [0.5, 0.6) is 5.75 Å². The molecule has 1 heterocycles. The van der Waals surface area contributed by atoms with Crippen LogP contribution in [-0.2, 0) is 11.2 Å². The lowest BCUT2D eigenvalue weighted by atomic mass is 10.0. The summed E-state index contributed by atoms with van der Waals surface area (Å²) < 4.78 is 5.20. The third-order valence-electron chi connectivity index (χ3n) is 3.20. The second-order valence-corrected chi connectivity index (χ2v) is 4.35. The van der Waals surface area contributed by atoms with Crippen LogP contribution in [-0.4, -0.2) is 44.1 Å². The summed E-state index contributed by atoms with van der Waals surface area (Å²) >= 11 is 0. The van der Waals surface area contributed by atoms with Gasteiger partial charge in [-0.05, 0) is 24.1 Å². The second-order valence-electron chi connectivity index (χ2n) is 4.35. The molecule has 1 amide bonds. The topological polar surface area (TPSA) is 41.6 Å². The van der Waals surface area contributed by atoms with E-state index in [1.165, 1.54) is 5.56 Å². The van der Waals surface area contributed by atoms with E-state index in [1.807, 2.05) is 30.1 Å². The number of benzene rings is 1. The van der Waals surface area contributed by atoms with Crippen LogP contribution >= 0.6 is 0 Å². The first-order valence-electron chi connectivity index (χ1n) is 5.80. The first kappa shape index (κ1) is 11.9. The number of ether oxygens (including phenoxy) is 1. The van der Waals surface area contributed by atoms with Crippen LogP contribution in [0.25, 0.3) is 0 Å². The molecule has 1 saturated heterocycles. The number of likely N-dealkylation sites (N-methyl/N-ethyl adjacent to an activating group) is 1. The number of hydrogen-bond donors (Lipinski definition) is 1. The minimum atomic E-state index is 0.157. The highest BCUT2D eigenvalue weighted by Gasteiger charge is 2.24. The van der Waals surface area contributed by atoms with Gasteiger partial charge in [0.05, 0.1) is 13.7 Å². The highest BCUT2D eigenvalue weighted by molar-refractivity contribution is 5.79. The molecule has 0 saturated carbocycles. The summed E-state index contributed by atoms with van der Waals surface area (Å²) in [6.45, 7) is 1.30. The van der Waals surface area contributed by atoms with Crippen LogP contribution in [0.15, 0.2) is 24.3 Å². The molecule has 1 N–H and O–H groups in total. The normalized spacial score (nSPS) is 20.5. The molecule has 0 radical (unpaired) electrons. The van der Waals surface area contributed by atoms with Crippen molar-refractivity contribution in [2.24, 2.45) is 0 Å². The van der Waals surface area contributed by atoms with Crippen molar-refractivity contribution in [3.8, 4) is 5.75 Å². The molecule has 1 aliphatic rings. The number of nitrogens with zero attached hydrogens (tertiary/aromatic N) is 1. The summed E-state index contributed by atoms with van der Waals surface area (Å²) in [5.41, 5.74) is 1.19. The predicted molar refractivity (Wildman–Crippen MR) is 66.1 cm³/mol. The summed E-state index contributed by atoms with van der Waals surface area (Å²) in [6, 6.07) is 8.22. The van der Waals surface area contributed by atoms with E-state index in [9.17, 15) is 4.79 Å². The summed E-state index contributed by atoms with van der Waals surface area (Å²) in [6.07, 6.45) is 0.854. The average Bonchev–Trinajstić information content (AvgIpc) is 2.35. The first-order valence-corrected chi connectivity index (χ1v) is 5.80. The zero-order chi connectivity index (χ0) is 12.3. The van der Waals surface area contributed by atoms with E-state index in [0.717, 1.165) is 18.7 Å². The first-order chi connectivity index (χ1) is 8.20. The van der Waals surface area contributed by atoms with Crippen LogP contribution in [0.3, 0.4) is 0 Å². The summed E-state index contributed by atoms with van der Waals surface area (Å²) in [5.74, 6) is 1.02. The Morgan fingerprint density at radius 3 is 3.12 bits per heavy atom. The molecule has 0 aliphatic carbocycles. The van der Waals surface area contributed by atoms with Crippen LogP contribution in [0.4, 0.5) is 0 Å². The molecule has 0 spiro atoms. The van der Waals surface area contributed by atoms with Gasteiger partial charge in [0.25, 0.3) is 0 Å². The van der Waals surface area contributed by atoms with E-state index in [0.29, 0.717) is 6.54 Å². The quantitative estimate of drug-likeness (QED) is 0.835. The number of hydrogen-bond acceptors (Lipinski definition) is 3. The van der Waals surface area contributed by atoms with Gasteiger partial charge in [-0.15, -0.1) is 0 Å². The third kappa shape index (κ3) is 2.77. The Hall–Kier alpha value is -1.55. The highest BCUT2D eigenvalue weighted by Crippen LogP contribution is 2.16. The van der Waals surface area contributed by atoms with Gasteiger partial charge in [-0.3, -0.25) is 4.79 Å². The average molecular weight is 234 g/mol. The Bertz CT molecular complexity index is 406. The van der Waals surface area contributed by atoms with E-state index in [2.05, 4.69) is 11.4 Å². The van der Waals surface area contributed by atoms with Crippen molar-refractivity contribution in [2.75, 3.05) is 27.2 Å². The number of carbonyl (C=O) groups excluding carboxylic acids is 1. The Morgan fingerprint density at radius 1 is 1.53 bits per heavy atom. The fraction of sp³-hybridized carbons (Fsp3) is 0.462. The van der Waals surface area contributed by atoms with Crippen molar-refractivity contribution < 1.29 is 9.53 Å². The SMILES string of the molecule is COc1cccc(CC2CNCC(=O)N2C)c1. The Balaban J connectivity index is 2.06. The van der Waals surface area contributed by atoms with Crippen LogP contribution < -0.4 is 10.1 Å². The number of nitrogens with one attached hydrogen (secondary N) is 1. The smallest absolute Gasteiger partial charge is 0.236 e. The van der Waals surface area contributed by atoms with Gasteiger partial charge >= 0.3 is 0 Å². The van der Waals surface area contributed by atoms with Crippen molar-refractivity contribution in [2.45, 2.75) is 12.5 Å². The molecule has 0 bridgehead atoms. The molecule has 4 nitrogen and oxygen atoms in total. The molecule has 1 aromatic rings. The monoisotopic (exact) mass is 234 g/mol. The molecule has 4 heteroatoms. The molecule has 17 heavy (non-hydrogen) atoms. The largest absolute Gasteiger partial charge is 0.497 e. The van der Waals surface area contributed by atoms with Gasteiger partial charge in [-0.25, -0.2) is 0 Å². The van der Waals surface area contributed by atoms with E-state index < -0.39 is 0 Å². The maximum Gasteiger partial charge on any atom is 0.236 e. The summed E-state index contributed by atoms with van der Waals surface area (Å²) in [4.78, 5) is 13.4. The van der Waals surface area contributed by atoms with Gasteiger partial charge < -0.3 is 15.0 Å². The Morgan fingerprint density at radius 2 is 2.35 bits per heavy atom. The standard InChI is InChI=1S/C13H18N2O2/c1-15-11(8-14-9-13(15)16)6-10-4-3-5-12(7-10)17-2/h3-5,7,11,14H,6,8-9H2,1-2H3. The summed E-state index contributed by atoms with van der Waals surface area (Å²) in [5, 5.41) is 3.14. The highest BCUT2D eigenvalue weighted by atomic mass is 16.5. The lowest BCUT2D eigenvalue weighted by molar-refractivity contribution is -0.133. The minimum Gasteiger partial charge on any atom is -0.497 e. The van der Waals surface area contributed by atoms with Gasteiger partial charge in [0.15, 0.2) is 0 Å². The van der Waals surface area contributed by atoms with Crippen molar-refractivity contribution in [1.82, 2.24) is 10.2 Å². The summed E-state index contributed by atoms with van der Waals surface area (Å²) in [7, 11) is 3.53. The lowest BCUT2D eigenvalue weighted by Gasteiger charge is -2.33.